The summed E-state index contributed by atoms with van der Waals surface area (Å²) in [4.78, 5) is 2.44. The van der Waals surface area contributed by atoms with E-state index in [1.807, 2.05) is 10.6 Å². The van der Waals surface area contributed by atoms with Crippen molar-refractivity contribution >= 4 is 5.65 Å². The van der Waals surface area contributed by atoms with Gasteiger partial charge in [-0.2, -0.15) is 9.61 Å². The van der Waals surface area contributed by atoms with Gasteiger partial charge >= 0.3 is 0 Å². The van der Waals surface area contributed by atoms with Gasteiger partial charge < -0.3 is 10.0 Å². The lowest BCUT2D eigenvalue weighted by Gasteiger charge is -2.39. The smallest absolute Gasteiger partial charge is 0.177 e. The number of aliphatic hydroxyl groups is 1. The molecule has 1 saturated heterocycles. The highest BCUT2D eigenvalue weighted by Crippen LogP contribution is 2.32. The number of likely N-dealkylation sites (tertiary alicyclic amines) is 1. The SMILES string of the molecule is CC(C)(C)c1ccc2nnc(C3CCN(CC4(O)CCCCC4)CC3)n2n1. The van der Waals surface area contributed by atoms with Crippen molar-refractivity contribution in [1.29, 1.82) is 0 Å². The van der Waals surface area contributed by atoms with Crippen molar-refractivity contribution < 1.29 is 5.11 Å². The first-order chi connectivity index (χ1) is 12.8. The molecule has 0 bridgehead atoms. The third-order valence-electron chi connectivity index (χ3n) is 6.31. The van der Waals surface area contributed by atoms with E-state index in [9.17, 15) is 5.11 Å². The van der Waals surface area contributed by atoms with Gasteiger partial charge in [0, 0.05) is 17.9 Å². The van der Waals surface area contributed by atoms with Crippen molar-refractivity contribution in [2.75, 3.05) is 19.6 Å². The second-order valence-corrected chi connectivity index (χ2v) is 9.63. The van der Waals surface area contributed by atoms with Crippen LogP contribution in [0.25, 0.3) is 5.65 Å². The van der Waals surface area contributed by atoms with E-state index in [1.54, 1.807) is 0 Å². The quantitative estimate of drug-likeness (QED) is 0.897. The predicted octanol–water partition coefficient (Wildman–Crippen LogP) is 3.30. The summed E-state index contributed by atoms with van der Waals surface area (Å²) in [6.07, 6.45) is 7.63. The first kappa shape index (κ1) is 18.8. The van der Waals surface area contributed by atoms with Gasteiger partial charge in [0.25, 0.3) is 0 Å². The van der Waals surface area contributed by atoms with E-state index in [0.29, 0.717) is 5.92 Å². The Morgan fingerprint density at radius 3 is 2.44 bits per heavy atom. The zero-order valence-electron chi connectivity index (χ0n) is 17.0. The van der Waals surface area contributed by atoms with Crippen molar-refractivity contribution in [2.24, 2.45) is 0 Å². The summed E-state index contributed by atoms with van der Waals surface area (Å²) in [7, 11) is 0. The molecule has 0 atom stereocenters. The molecule has 0 unspecified atom stereocenters. The Balaban J connectivity index is 1.45. The van der Waals surface area contributed by atoms with Crippen LogP contribution in [0.2, 0.25) is 0 Å². The van der Waals surface area contributed by atoms with Crippen LogP contribution in [0.3, 0.4) is 0 Å². The summed E-state index contributed by atoms with van der Waals surface area (Å²) < 4.78 is 1.95. The molecule has 1 aliphatic heterocycles. The van der Waals surface area contributed by atoms with Gasteiger partial charge in [-0.15, -0.1) is 10.2 Å². The maximum absolute atomic E-state index is 10.8. The monoisotopic (exact) mass is 371 g/mol. The topological polar surface area (TPSA) is 66.5 Å². The van der Waals surface area contributed by atoms with Crippen molar-refractivity contribution in [3.63, 3.8) is 0 Å². The first-order valence-electron chi connectivity index (χ1n) is 10.5. The lowest BCUT2D eigenvalue weighted by molar-refractivity contribution is -0.0309. The summed E-state index contributed by atoms with van der Waals surface area (Å²) in [5.41, 5.74) is 1.44. The fraction of sp³-hybridized carbons (Fsp3) is 0.762. The van der Waals surface area contributed by atoms with Crippen LogP contribution in [-0.4, -0.2) is 55.1 Å². The van der Waals surface area contributed by atoms with Crippen LogP contribution >= 0.6 is 0 Å². The molecule has 1 N–H and O–H groups in total. The molecule has 6 heteroatoms. The van der Waals surface area contributed by atoms with E-state index in [1.165, 1.54) is 19.3 Å². The fourth-order valence-electron chi connectivity index (χ4n) is 4.59. The molecule has 0 spiro atoms. The summed E-state index contributed by atoms with van der Waals surface area (Å²) >= 11 is 0. The Labute approximate surface area is 162 Å². The van der Waals surface area contributed by atoms with E-state index in [4.69, 9.17) is 5.10 Å². The summed E-state index contributed by atoms with van der Waals surface area (Å²) in [5.74, 6) is 1.38. The average Bonchev–Trinajstić information content (AvgIpc) is 3.05. The molecule has 27 heavy (non-hydrogen) atoms. The summed E-state index contributed by atoms with van der Waals surface area (Å²) in [5, 5.41) is 24.5. The minimum Gasteiger partial charge on any atom is -0.389 e. The number of nitrogens with zero attached hydrogens (tertiary/aromatic N) is 5. The molecule has 2 aromatic rings. The molecule has 148 valence electrons. The van der Waals surface area contributed by atoms with E-state index >= 15 is 0 Å². The fourth-order valence-corrected chi connectivity index (χ4v) is 4.59. The number of fused-ring (bicyclic) bond motifs is 1. The van der Waals surface area contributed by atoms with Crippen molar-refractivity contribution in [3.8, 4) is 0 Å². The maximum atomic E-state index is 10.8. The lowest BCUT2D eigenvalue weighted by atomic mass is 9.84. The van der Waals surface area contributed by atoms with E-state index < -0.39 is 5.60 Å². The molecule has 6 nitrogen and oxygen atoms in total. The number of hydrogen-bond acceptors (Lipinski definition) is 5. The Hall–Kier alpha value is -1.53. The molecular formula is C21H33N5O. The highest BCUT2D eigenvalue weighted by atomic mass is 16.3. The summed E-state index contributed by atoms with van der Waals surface area (Å²) in [6, 6.07) is 4.08. The van der Waals surface area contributed by atoms with Crippen LogP contribution in [0.4, 0.5) is 0 Å². The zero-order chi connectivity index (χ0) is 19.1. The van der Waals surface area contributed by atoms with Crippen molar-refractivity contribution in [2.45, 2.75) is 82.7 Å². The van der Waals surface area contributed by atoms with Gasteiger partial charge in [0.05, 0.1) is 11.3 Å². The van der Waals surface area contributed by atoms with Crippen LogP contribution in [0.5, 0.6) is 0 Å². The Morgan fingerprint density at radius 1 is 1.07 bits per heavy atom. The number of rotatable bonds is 3. The van der Waals surface area contributed by atoms with Crippen molar-refractivity contribution in [1.82, 2.24) is 24.7 Å². The number of hydrogen-bond donors (Lipinski definition) is 1. The molecule has 2 aliphatic rings. The molecule has 0 radical (unpaired) electrons. The Morgan fingerprint density at radius 2 is 1.78 bits per heavy atom. The molecule has 1 aliphatic carbocycles. The second-order valence-electron chi connectivity index (χ2n) is 9.63. The van der Waals surface area contributed by atoms with Crippen LogP contribution in [0, 0.1) is 0 Å². The number of aromatic nitrogens is 4. The highest BCUT2D eigenvalue weighted by Gasteiger charge is 2.33. The van der Waals surface area contributed by atoms with E-state index in [2.05, 4.69) is 41.9 Å². The van der Waals surface area contributed by atoms with Gasteiger partial charge in [0.15, 0.2) is 11.5 Å². The zero-order valence-corrected chi connectivity index (χ0v) is 17.0. The van der Waals surface area contributed by atoms with Gasteiger partial charge in [-0.1, -0.05) is 40.0 Å². The molecule has 0 aromatic carbocycles. The standard InChI is InChI=1S/C21H33N5O/c1-20(2,3)17-7-8-18-22-23-19(26(18)24-17)16-9-13-25(14-10-16)15-21(27)11-5-4-6-12-21/h7-8,16,27H,4-6,9-15H2,1-3H3. The van der Waals surface area contributed by atoms with Crippen LogP contribution in [0.1, 0.15) is 83.2 Å². The minimum atomic E-state index is -0.462. The maximum Gasteiger partial charge on any atom is 0.177 e. The Kier molecular flexibility index (Phi) is 4.97. The average molecular weight is 372 g/mol. The lowest BCUT2D eigenvalue weighted by Crippen LogP contribution is -2.47. The van der Waals surface area contributed by atoms with Gasteiger partial charge in [-0.05, 0) is 50.9 Å². The Bertz CT molecular complexity index is 779. The van der Waals surface area contributed by atoms with Gasteiger partial charge in [0.1, 0.15) is 0 Å². The molecule has 2 aromatic heterocycles. The van der Waals surface area contributed by atoms with Crippen molar-refractivity contribution in [3.05, 3.63) is 23.7 Å². The number of piperidine rings is 1. The van der Waals surface area contributed by atoms with E-state index in [-0.39, 0.29) is 5.41 Å². The van der Waals surface area contributed by atoms with Crippen LogP contribution in [-0.2, 0) is 5.41 Å². The van der Waals surface area contributed by atoms with Gasteiger partial charge in [0.2, 0.25) is 0 Å². The molecule has 4 rings (SSSR count). The van der Waals surface area contributed by atoms with Gasteiger partial charge in [-0.25, -0.2) is 0 Å². The third kappa shape index (κ3) is 4.02. The van der Waals surface area contributed by atoms with Gasteiger partial charge in [-0.3, -0.25) is 0 Å². The molecule has 3 heterocycles. The third-order valence-corrected chi connectivity index (χ3v) is 6.31. The second kappa shape index (κ2) is 7.13. The molecule has 0 amide bonds. The minimum absolute atomic E-state index is 0.00847. The first-order valence-corrected chi connectivity index (χ1v) is 10.5. The molecular weight excluding hydrogens is 338 g/mol. The van der Waals surface area contributed by atoms with Crippen LogP contribution in [0.15, 0.2) is 12.1 Å². The normalized spacial score (nSPS) is 22.4. The largest absolute Gasteiger partial charge is 0.389 e. The molecule has 2 fully saturated rings. The highest BCUT2D eigenvalue weighted by molar-refractivity contribution is 5.37. The summed E-state index contributed by atoms with van der Waals surface area (Å²) in [6.45, 7) is 9.40. The van der Waals surface area contributed by atoms with E-state index in [0.717, 1.165) is 62.5 Å². The van der Waals surface area contributed by atoms with Crippen LogP contribution < -0.4 is 0 Å². The molecule has 1 saturated carbocycles. The number of β-amino-alcohol motifs (C(OH)–C–C–N with tert-alkyl or cyclic N) is 1. The predicted molar refractivity (Wildman–Crippen MR) is 106 cm³/mol.